The maximum atomic E-state index is 12.9. The van der Waals surface area contributed by atoms with E-state index in [2.05, 4.69) is 15.8 Å². The smallest absolute Gasteiger partial charge is 0.277 e. The molecule has 1 unspecified atom stereocenters. The summed E-state index contributed by atoms with van der Waals surface area (Å²) in [4.78, 5) is 46.3. The van der Waals surface area contributed by atoms with Crippen LogP contribution in [0, 0.1) is 20.2 Å². The van der Waals surface area contributed by atoms with Crippen LogP contribution in [0.4, 0.5) is 11.4 Å². The third-order valence-electron chi connectivity index (χ3n) is 4.79. The van der Waals surface area contributed by atoms with E-state index in [-0.39, 0.29) is 11.3 Å². The minimum atomic E-state index is -1.07. The summed E-state index contributed by atoms with van der Waals surface area (Å²) in [7, 11) is 0. The van der Waals surface area contributed by atoms with Crippen molar-refractivity contribution in [2.45, 2.75) is 11.8 Å². The van der Waals surface area contributed by atoms with Crippen LogP contribution in [0.2, 0.25) is 0 Å². The molecule has 2 N–H and O–H groups in total. The Morgan fingerprint density at radius 3 is 2.08 bits per heavy atom. The average molecular weight is 508 g/mol. The summed E-state index contributed by atoms with van der Waals surface area (Å²) in [5.41, 5.74) is 2.62. The summed E-state index contributed by atoms with van der Waals surface area (Å²) in [6, 6.07) is 20.1. The SMILES string of the molecule is O=C(NC(CSCc1ccccc1)C(=O)NN=Cc1ccccc1)c1cc([N+](=O)[O-])cc([N+](=O)[O-])c1. The minimum absolute atomic E-state index is 0.157. The molecule has 1 atom stereocenters. The summed E-state index contributed by atoms with van der Waals surface area (Å²) in [6.07, 6.45) is 1.44. The minimum Gasteiger partial charge on any atom is -0.339 e. The zero-order valence-corrected chi connectivity index (χ0v) is 19.6. The maximum absolute atomic E-state index is 12.9. The van der Waals surface area contributed by atoms with Crippen LogP contribution in [0.3, 0.4) is 0 Å². The highest BCUT2D eigenvalue weighted by atomic mass is 32.2. The molecule has 0 aliphatic carbocycles. The number of nitro benzene ring substituents is 2. The monoisotopic (exact) mass is 507 g/mol. The molecule has 0 spiro atoms. The number of non-ortho nitro benzene ring substituents is 2. The molecule has 0 aromatic heterocycles. The summed E-state index contributed by atoms with van der Waals surface area (Å²) in [5.74, 6) is -0.759. The summed E-state index contributed by atoms with van der Waals surface area (Å²) in [6.45, 7) is 0. The number of hydrogen-bond donors (Lipinski definition) is 2. The number of nitrogens with zero attached hydrogens (tertiary/aromatic N) is 3. The highest BCUT2D eigenvalue weighted by Crippen LogP contribution is 2.23. The molecular formula is C24H21N5O6S. The van der Waals surface area contributed by atoms with Gasteiger partial charge in [0, 0.05) is 23.6 Å². The number of amides is 2. The number of nitro groups is 2. The number of rotatable bonds is 11. The number of benzene rings is 3. The van der Waals surface area contributed by atoms with Crippen LogP contribution in [0.15, 0.2) is 84.0 Å². The van der Waals surface area contributed by atoms with Crippen molar-refractivity contribution in [3.05, 3.63) is 116 Å². The molecule has 36 heavy (non-hydrogen) atoms. The largest absolute Gasteiger partial charge is 0.339 e. The van der Waals surface area contributed by atoms with E-state index in [0.717, 1.165) is 29.3 Å². The molecular weight excluding hydrogens is 486 g/mol. The Morgan fingerprint density at radius 2 is 1.50 bits per heavy atom. The Bertz CT molecular complexity index is 1240. The molecule has 3 aromatic carbocycles. The van der Waals surface area contributed by atoms with E-state index in [1.165, 1.54) is 18.0 Å². The van der Waals surface area contributed by atoms with Crippen molar-refractivity contribution in [1.82, 2.24) is 10.7 Å². The van der Waals surface area contributed by atoms with Crippen molar-refractivity contribution in [2.75, 3.05) is 5.75 Å². The number of carbonyl (C=O) groups is 2. The number of carbonyl (C=O) groups excluding carboxylic acids is 2. The fourth-order valence-corrected chi connectivity index (χ4v) is 4.03. The molecule has 0 bridgehead atoms. The predicted octanol–water partition coefficient (Wildman–Crippen LogP) is 3.69. The van der Waals surface area contributed by atoms with E-state index in [0.29, 0.717) is 5.75 Å². The van der Waals surface area contributed by atoms with Gasteiger partial charge in [-0.05, 0) is 11.1 Å². The van der Waals surface area contributed by atoms with Gasteiger partial charge in [0.05, 0.1) is 27.7 Å². The van der Waals surface area contributed by atoms with Crippen LogP contribution in [0.25, 0.3) is 0 Å². The van der Waals surface area contributed by atoms with Crippen LogP contribution >= 0.6 is 11.8 Å². The van der Waals surface area contributed by atoms with Crippen molar-refractivity contribution < 1.29 is 19.4 Å². The van der Waals surface area contributed by atoms with Gasteiger partial charge in [-0.15, -0.1) is 0 Å². The first-order chi connectivity index (χ1) is 17.3. The lowest BCUT2D eigenvalue weighted by atomic mass is 10.1. The van der Waals surface area contributed by atoms with Crippen LogP contribution in [0.5, 0.6) is 0 Å². The Balaban J connectivity index is 1.75. The molecule has 0 aliphatic heterocycles. The molecule has 184 valence electrons. The van der Waals surface area contributed by atoms with E-state index >= 15 is 0 Å². The normalized spacial score (nSPS) is 11.6. The maximum Gasteiger partial charge on any atom is 0.277 e. The van der Waals surface area contributed by atoms with Crippen molar-refractivity contribution in [1.29, 1.82) is 0 Å². The topological polar surface area (TPSA) is 157 Å². The van der Waals surface area contributed by atoms with Gasteiger partial charge in [0.15, 0.2) is 0 Å². The summed E-state index contributed by atoms with van der Waals surface area (Å²) >= 11 is 1.38. The second-order valence-corrected chi connectivity index (χ2v) is 8.45. The molecule has 11 nitrogen and oxygen atoms in total. The first kappa shape index (κ1) is 26.0. The lowest BCUT2D eigenvalue weighted by molar-refractivity contribution is -0.394. The van der Waals surface area contributed by atoms with Gasteiger partial charge >= 0.3 is 0 Å². The van der Waals surface area contributed by atoms with Crippen molar-refractivity contribution in [3.8, 4) is 0 Å². The van der Waals surface area contributed by atoms with E-state index in [1.807, 2.05) is 48.5 Å². The molecule has 12 heteroatoms. The number of thioether (sulfide) groups is 1. The third-order valence-corrected chi connectivity index (χ3v) is 5.90. The molecule has 0 heterocycles. The number of hydrazone groups is 1. The molecule has 2 amide bonds. The highest BCUT2D eigenvalue weighted by Gasteiger charge is 2.25. The molecule has 0 saturated heterocycles. The fourth-order valence-electron chi connectivity index (χ4n) is 3.02. The second-order valence-electron chi connectivity index (χ2n) is 7.42. The van der Waals surface area contributed by atoms with Crippen LogP contribution in [-0.2, 0) is 10.5 Å². The van der Waals surface area contributed by atoms with Gasteiger partial charge in [-0.3, -0.25) is 29.8 Å². The van der Waals surface area contributed by atoms with Gasteiger partial charge < -0.3 is 5.32 Å². The average Bonchev–Trinajstić information content (AvgIpc) is 2.88. The molecule has 3 aromatic rings. The lowest BCUT2D eigenvalue weighted by Crippen LogP contribution is -2.47. The van der Waals surface area contributed by atoms with Crippen LogP contribution < -0.4 is 10.7 Å². The first-order valence-electron chi connectivity index (χ1n) is 10.6. The Hall–Kier alpha value is -4.58. The van der Waals surface area contributed by atoms with Gasteiger partial charge in [0.1, 0.15) is 6.04 Å². The third kappa shape index (κ3) is 7.74. The number of nitrogens with one attached hydrogen (secondary N) is 2. The highest BCUT2D eigenvalue weighted by molar-refractivity contribution is 7.98. The number of hydrogen-bond acceptors (Lipinski definition) is 8. The zero-order chi connectivity index (χ0) is 25.9. The second kappa shape index (κ2) is 12.8. The van der Waals surface area contributed by atoms with Gasteiger partial charge in [-0.25, -0.2) is 5.43 Å². The van der Waals surface area contributed by atoms with E-state index in [9.17, 15) is 29.8 Å². The van der Waals surface area contributed by atoms with Crippen LogP contribution in [0.1, 0.15) is 21.5 Å². The van der Waals surface area contributed by atoms with E-state index < -0.39 is 39.1 Å². The van der Waals surface area contributed by atoms with E-state index in [1.54, 1.807) is 12.1 Å². The van der Waals surface area contributed by atoms with Crippen molar-refractivity contribution >= 4 is 41.2 Å². The van der Waals surface area contributed by atoms with Gasteiger partial charge in [-0.2, -0.15) is 16.9 Å². The Kier molecular flexibility index (Phi) is 9.23. The van der Waals surface area contributed by atoms with Gasteiger partial charge in [0.2, 0.25) is 0 Å². The molecule has 0 aliphatic rings. The molecule has 0 radical (unpaired) electrons. The molecule has 0 fully saturated rings. The molecule has 0 saturated carbocycles. The first-order valence-corrected chi connectivity index (χ1v) is 11.7. The van der Waals surface area contributed by atoms with Crippen LogP contribution in [-0.4, -0.2) is 39.7 Å². The summed E-state index contributed by atoms with van der Waals surface area (Å²) in [5, 5.41) is 28.7. The van der Waals surface area contributed by atoms with E-state index in [4.69, 9.17) is 0 Å². The standard InChI is InChI=1S/C24H21N5O6S/c30-23(19-11-20(28(32)33)13-21(12-19)29(34)35)26-22(16-36-15-18-9-5-2-6-10-18)24(31)27-25-14-17-7-3-1-4-8-17/h1-14,22H,15-16H2,(H,26,30)(H,27,31). The van der Waals surface area contributed by atoms with Gasteiger partial charge in [-0.1, -0.05) is 60.7 Å². The summed E-state index contributed by atoms with van der Waals surface area (Å²) < 4.78 is 0. The predicted molar refractivity (Wildman–Crippen MR) is 136 cm³/mol. The Morgan fingerprint density at radius 1 is 0.917 bits per heavy atom. The van der Waals surface area contributed by atoms with Crippen molar-refractivity contribution in [3.63, 3.8) is 0 Å². The Labute approximate surface area is 209 Å². The van der Waals surface area contributed by atoms with Gasteiger partial charge in [0.25, 0.3) is 23.2 Å². The molecule has 3 rings (SSSR count). The lowest BCUT2D eigenvalue weighted by Gasteiger charge is -2.17. The quantitative estimate of drug-likeness (QED) is 0.228. The fraction of sp³-hybridized carbons (Fsp3) is 0.125. The zero-order valence-electron chi connectivity index (χ0n) is 18.8. The van der Waals surface area contributed by atoms with Crippen molar-refractivity contribution in [2.24, 2.45) is 5.10 Å².